The zero-order valence-corrected chi connectivity index (χ0v) is 14.1. The summed E-state index contributed by atoms with van der Waals surface area (Å²) in [4.78, 5) is 12.7. The van der Waals surface area contributed by atoms with Gasteiger partial charge in [-0.25, -0.2) is 0 Å². The zero-order valence-electron chi connectivity index (χ0n) is 14.1. The maximum atomic E-state index is 12.7. The Labute approximate surface area is 147 Å². The minimum Gasteiger partial charge on any atom is -0.348 e. The van der Waals surface area contributed by atoms with Crippen LogP contribution in [0.1, 0.15) is 39.9 Å². The van der Waals surface area contributed by atoms with Crippen LogP contribution in [-0.2, 0) is 19.4 Å². The van der Waals surface area contributed by atoms with E-state index in [4.69, 9.17) is 0 Å². The molecule has 4 nitrogen and oxygen atoms in total. The normalized spacial score (nSPS) is 13.3. The highest BCUT2D eigenvalue weighted by molar-refractivity contribution is 5.96. The van der Waals surface area contributed by atoms with Crippen molar-refractivity contribution in [2.24, 2.45) is 0 Å². The van der Waals surface area contributed by atoms with Gasteiger partial charge in [0.2, 0.25) is 0 Å². The molecule has 2 N–H and O–H groups in total. The van der Waals surface area contributed by atoms with E-state index < -0.39 is 0 Å². The van der Waals surface area contributed by atoms with Crippen LogP contribution in [0, 0.1) is 0 Å². The summed E-state index contributed by atoms with van der Waals surface area (Å²) < 4.78 is 0. The number of rotatable bonds is 4. The third-order valence-electron chi connectivity index (χ3n) is 4.86. The molecule has 0 saturated carbocycles. The van der Waals surface area contributed by atoms with Gasteiger partial charge in [0.1, 0.15) is 0 Å². The van der Waals surface area contributed by atoms with Gasteiger partial charge < -0.3 is 5.32 Å². The fourth-order valence-electron chi connectivity index (χ4n) is 3.56. The largest absolute Gasteiger partial charge is 0.348 e. The van der Waals surface area contributed by atoms with Gasteiger partial charge in [0.15, 0.2) is 0 Å². The molecule has 25 heavy (non-hydrogen) atoms. The fraction of sp³-hybridized carbons (Fsp3) is 0.238. The quantitative estimate of drug-likeness (QED) is 0.762. The summed E-state index contributed by atoms with van der Waals surface area (Å²) in [5.41, 5.74) is 6.39. The number of carbonyl (C=O) groups excluding carboxylic acids is 1. The van der Waals surface area contributed by atoms with Crippen molar-refractivity contribution >= 4 is 5.91 Å². The van der Waals surface area contributed by atoms with E-state index in [0.717, 1.165) is 41.6 Å². The average molecular weight is 331 g/mol. The van der Waals surface area contributed by atoms with E-state index in [0.29, 0.717) is 6.54 Å². The van der Waals surface area contributed by atoms with Crippen LogP contribution in [0.15, 0.2) is 54.7 Å². The lowest BCUT2D eigenvalue weighted by molar-refractivity contribution is 0.0949. The number of fused-ring (bicyclic) bond motifs is 1. The van der Waals surface area contributed by atoms with Gasteiger partial charge in [0, 0.05) is 17.7 Å². The third-order valence-corrected chi connectivity index (χ3v) is 4.86. The van der Waals surface area contributed by atoms with E-state index in [1.165, 1.54) is 17.5 Å². The minimum absolute atomic E-state index is 0.000961. The Hall–Kier alpha value is -2.88. The van der Waals surface area contributed by atoms with Crippen LogP contribution in [-0.4, -0.2) is 16.1 Å². The first kappa shape index (κ1) is 15.6. The Morgan fingerprint density at radius 2 is 1.88 bits per heavy atom. The molecule has 1 aromatic heterocycles. The summed E-state index contributed by atoms with van der Waals surface area (Å²) in [7, 11) is 0. The van der Waals surface area contributed by atoms with E-state index in [2.05, 4.69) is 21.6 Å². The fourth-order valence-corrected chi connectivity index (χ4v) is 3.56. The molecular formula is C21H21N3O. The molecule has 0 unspecified atom stereocenters. The molecule has 1 aliphatic rings. The molecule has 2 aromatic carbocycles. The van der Waals surface area contributed by atoms with Crippen molar-refractivity contribution in [2.75, 3.05) is 0 Å². The molecule has 0 atom stereocenters. The zero-order chi connectivity index (χ0) is 17.1. The number of hydrogen-bond donors (Lipinski definition) is 2. The molecule has 126 valence electrons. The van der Waals surface area contributed by atoms with Gasteiger partial charge in [-0.15, -0.1) is 0 Å². The highest BCUT2D eigenvalue weighted by atomic mass is 16.1. The van der Waals surface area contributed by atoms with Crippen molar-refractivity contribution in [1.29, 1.82) is 0 Å². The van der Waals surface area contributed by atoms with Crippen LogP contribution in [0.4, 0.5) is 0 Å². The van der Waals surface area contributed by atoms with Crippen molar-refractivity contribution in [3.8, 4) is 11.3 Å². The second kappa shape index (κ2) is 6.93. The summed E-state index contributed by atoms with van der Waals surface area (Å²) in [6, 6.07) is 16.1. The summed E-state index contributed by atoms with van der Waals surface area (Å²) >= 11 is 0. The number of nitrogens with one attached hydrogen (secondary N) is 2. The highest BCUT2D eigenvalue weighted by Gasteiger charge is 2.18. The molecule has 3 aromatic rings. The monoisotopic (exact) mass is 331 g/mol. The van der Waals surface area contributed by atoms with Gasteiger partial charge in [-0.1, -0.05) is 42.5 Å². The Morgan fingerprint density at radius 3 is 2.76 bits per heavy atom. The number of nitrogens with zero attached hydrogens (tertiary/aromatic N) is 1. The van der Waals surface area contributed by atoms with Crippen molar-refractivity contribution in [2.45, 2.75) is 32.2 Å². The molecule has 0 radical (unpaired) electrons. The van der Waals surface area contributed by atoms with Gasteiger partial charge >= 0.3 is 0 Å². The van der Waals surface area contributed by atoms with Crippen LogP contribution in [0.5, 0.6) is 0 Å². The van der Waals surface area contributed by atoms with Crippen molar-refractivity contribution in [3.05, 3.63) is 77.0 Å². The van der Waals surface area contributed by atoms with Gasteiger partial charge in [-0.2, -0.15) is 5.10 Å². The number of aromatic amines is 1. The topological polar surface area (TPSA) is 57.8 Å². The smallest absolute Gasteiger partial charge is 0.251 e. The number of carbonyl (C=O) groups is 1. The van der Waals surface area contributed by atoms with Gasteiger partial charge in [0.05, 0.1) is 11.9 Å². The molecule has 4 rings (SSSR count). The van der Waals surface area contributed by atoms with Crippen LogP contribution in [0.2, 0.25) is 0 Å². The minimum atomic E-state index is -0.000961. The number of aromatic nitrogens is 2. The molecule has 1 aliphatic carbocycles. The molecule has 1 amide bonds. The van der Waals surface area contributed by atoms with Crippen LogP contribution in [0.3, 0.4) is 0 Å². The first-order valence-electron chi connectivity index (χ1n) is 8.79. The summed E-state index contributed by atoms with van der Waals surface area (Å²) in [5, 5.41) is 10.2. The van der Waals surface area contributed by atoms with E-state index in [-0.39, 0.29) is 5.91 Å². The molecule has 0 saturated heterocycles. The lowest BCUT2D eigenvalue weighted by Crippen LogP contribution is -2.25. The van der Waals surface area contributed by atoms with Crippen LogP contribution in [0.25, 0.3) is 11.3 Å². The van der Waals surface area contributed by atoms with Gasteiger partial charge in [-0.05, 0) is 48.4 Å². The maximum absolute atomic E-state index is 12.7. The number of hydrogen-bond acceptors (Lipinski definition) is 2. The molecule has 4 heteroatoms. The number of amides is 1. The first-order chi connectivity index (χ1) is 12.3. The predicted octanol–water partition coefficient (Wildman–Crippen LogP) is 3.89. The number of H-pyrrole nitrogens is 1. The molecule has 0 aliphatic heterocycles. The summed E-state index contributed by atoms with van der Waals surface area (Å²) in [5.74, 6) is -0.000961. The molecule has 1 heterocycles. The van der Waals surface area contributed by atoms with E-state index in [1.54, 1.807) is 6.20 Å². The van der Waals surface area contributed by atoms with Gasteiger partial charge in [-0.3, -0.25) is 9.89 Å². The van der Waals surface area contributed by atoms with Crippen molar-refractivity contribution < 1.29 is 4.79 Å². The Bertz CT molecular complexity index is 883. The number of aryl methyl sites for hydroxylation is 1. The first-order valence-corrected chi connectivity index (χ1v) is 8.79. The third kappa shape index (κ3) is 3.20. The van der Waals surface area contributed by atoms with Gasteiger partial charge in [0.25, 0.3) is 5.91 Å². The molecular weight excluding hydrogens is 310 g/mol. The maximum Gasteiger partial charge on any atom is 0.251 e. The second-order valence-corrected chi connectivity index (χ2v) is 6.47. The summed E-state index contributed by atoms with van der Waals surface area (Å²) in [6.45, 7) is 0.462. The second-order valence-electron chi connectivity index (χ2n) is 6.47. The summed E-state index contributed by atoms with van der Waals surface area (Å²) in [6.07, 6.45) is 6.24. The SMILES string of the molecule is O=C(NCc1cn[nH]c1-c1ccccc1)c1cccc2c1CCCC2. The van der Waals surface area contributed by atoms with Crippen LogP contribution >= 0.6 is 0 Å². The molecule has 0 spiro atoms. The number of benzene rings is 2. The standard InChI is InChI=1S/C21H21N3O/c25-21(19-12-6-10-15-7-4-5-11-18(15)19)22-13-17-14-23-24-20(17)16-8-2-1-3-9-16/h1-3,6,8-10,12,14H,4-5,7,11,13H2,(H,22,25)(H,23,24). The van der Waals surface area contributed by atoms with E-state index >= 15 is 0 Å². The Kier molecular flexibility index (Phi) is 4.34. The Balaban J connectivity index is 1.52. The molecule has 0 fully saturated rings. The molecule has 0 bridgehead atoms. The van der Waals surface area contributed by atoms with Crippen LogP contribution < -0.4 is 5.32 Å². The van der Waals surface area contributed by atoms with E-state index in [9.17, 15) is 4.79 Å². The lowest BCUT2D eigenvalue weighted by Gasteiger charge is -2.18. The highest BCUT2D eigenvalue weighted by Crippen LogP contribution is 2.25. The average Bonchev–Trinajstić information content (AvgIpc) is 3.15. The van der Waals surface area contributed by atoms with Crippen molar-refractivity contribution in [3.63, 3.8) is 0 Å². The Morgan fingerprint density at radius 1 is 1.04 bits per heavy atom. The van der Waals surface area contributed by atoms with E-state index in [1.807, 2.05) is 42.5 Å². The van der Waals surface area contributed by atoms with Crippen molar-refractivity contribution in [1.82, 2.24) is 15.5 Å². The lowest BCUT2D eigenvalue weighted by atomic mass is 9.88. The predicted molar refractivity (Wildman–Crippen MR) is 98.3 cm³/mol.